The normalized spacial score (nSPS) is 12.2. The van der Waals surface area contributed by atoms with Crippen LogP contribution in [0.25, 0.3) is 0 Å². The molecule has 7 nitrogen and oxygen atoms in total. The second-order valence-electron chi connectivity index (χ2n) is 8.25. The standard InChI is InChI=1S/C28H29N3O4/c29-26(33)19-23(21-12-6-2-7-13-21)30-27(34)17-16-25(32)24(18-20-10-4-1-5-11-20)31-28(35)22-14-8-3-9-15-22/h1-15,23-24H,16-19H2,(H2,29,33)(H,30,34)(H,31,35)/t23-,24-/m0/s1. The second-order valence-corrected chi connectivity index (χ2v) is 8.25. The monoisotopic (exact) mass is 471 g/mol. The van der Waals surface area contributed by atoms with Crippen molar-refractivity contribution in [2.45, 2.75) is 37.8 Å². The summed E-state index contributed by atoms with van der Waals surface area (Å²) in [4.78, 5) is 49.9. The van der Waals surface area contributed by atoms with E-state index in [1.165, 1.54) is 0 Å². The molecule has 0 aliphatic rings. The molecule has 0 heterocycles. The lowest BCUT2D eigenvalue weighted by Gasteiger charge is -2.20. The maximum atomic E-state index is 13.1. The van der Waals surface area contributed by atoms with Crippen molar-refractivity contribution in [3.8, 4) is 0 Å². The molecule has 4 N–H and O–H groups in total. The van der Waals surface area contributed by atoms with Gasteiger partial charge in [0.25, 0.3) is 5.91 Å². The summed E-state index contributed by atoms with van der Waals surface area (Å²) in [5.41, 5.74) is 7.45. The fraction of sp³-hybridized carbons (Fsp3) is 0.214. The van der Waals surface area contributed by atoms with E-state index in [4.69, 9.17) is 5.73 Å². The minimum atomic E-state index is -0.784. The maximum Gasteiger partial charge on any atom is 0.251 e. The predicted octanol–water partition coefficient (Wildman–Crippen LogP) is 3.11. The molecule has 180 valence electrons. The Hall–Kier alpha value is -4.26. The quantitative estimate of drug-likeness (QED) is 0.376. The van der Waals surface area contributed by atoms with Crippen molar-refractivity contribution in [2.75, 3.05) is 0 Å². The largest absolute Gasteiger partial charge is 0.370 e. The van der Waals surface area contributed by atoms with E-state index in [0.29, 0.717) is 12.0 Å². The van der Waals surface area contributed by atoms with Crippen molar-refractivity contribution < 1.29 is 19.2 Å². The Bertz CT molecular complexity index is 1130. The van der Waals surface area contributed by atoms with E-state index in [9.17, 15) is 19.2 Å². The lowest BCUT2D eigenvalue weighted by atomic mass is 9.98. The molecule has 0 aliphatic carbocycles. The average Bonchev–Trinajstić information content (AvgIpc) is 2.88. The van der Waals surface area contributed by atoms with Gasteiger partial charge in [-0.25, -0.2) is 0 Å². The Morgan fingerprint density at radius 1 is 0.714 bits per heavy atom. The van der Waals surface area contributed by atoms with Gasteiger partial charge in [-0.05, 0) is 29.7 Å². The summed E-state index contributed by atoms with van der Waals surface area (Å²) in [5.74, 6) is -1.52. The predicted molar refractivity (Wildman–Crippen MR) is 133 cm³/mol. The number of benzene rings is 3. The summed E-state index contributed by atoms with van der Waals surface area (Å²) in [7, 11) is 0. The Balaban J connectivity index is 1.65. The van der Waals surface area contributed by atoms with E-state index in [0.717, 1.165) is 11.1 Å². The van der Waals surface area contributed by atoms with Gasteiger partial charge in [-0.2, -0.15) is 0 Å². The number of rotatable bonds is 12. The third-order valence-corrected chi connectivity index (χ3v) is 5.55. The van der Waals surface area contributed by atoms with Crippen LogP contribution in [0.3, 0.4) is 0 Å². The van der Waals surface area contributed by atoms with E-state index < -0.39 is 18.0 Å². The summed E-state index contributed by atoms with van der Waals surface area (Å²) in [6.07, 6.45) is 0.131. The van der Waals surface area contributed by atoms with E-state index in [1.54, 1.807) is 36.4 Å². The van der Waals surface area contributed by atoms with Crippen LogP contribution < -0.4 is 16.4 Å². The highest BCUT2D eigenvalue weighted by atomic mass is 16.2. The van der Waals surface area contributed by atoms with Gasteiger partial charge in [-0.1, -0.05) is 78.9 Å². The Labute approximate surface area is 204 Å². The molecule has 0 spiro atoms. The Morgan fingerprint density at radius 3 is 1.89 bits per heavy atom. The molecular weight excluding hydrogens is 442 g/mol. The van der Waals surface area contributed by atoms with Gasteiger partial charge in [0.05, 0.1) is 18.5 Å². The molecule has 0 aromatic heterocycles. The highest BCUT2D eigenvalue weighted by Crippen LogP contribution is 2.17. The first-order chi connectivity index (χ1) is 16.9. The van der Waals surface area contributed by atoms with Gasteiger partial charge < -0.3 is 16.4 Å². The van der Waals surface area contributed by atoms with Crippen LogP contribution in [-0.2, 0) is 20.8 Å². The first-order valence-corrected chi connectivity index (χ1v) is 11.5. The number of Topliss-reactive ketones (excluding diaryl/α,β-unsaturated/α-hetero) is 1. The molecule has 3 amide bonds. The molecular formula is C28H29N3O4. The van der Waals surface area contributed by atoms with Gasteiger partial charge in [0.15, 0.2) is 5.78 Å². The van der Waals surface area contributed by atoms with E-state index in [-0.39, 0.29) is 36.9 Å². The molecule has 0 bridgehead atoms. The van der Waals surface area contributed by atoms with Crippen molar-refractivity contribution in [3.05, 3.63) is 108 Å². The number of nitrogens with two attached hydrogens (primary N) is 1. The van der Waals surface area contributed by atoms with E-state index in [2.05, 4.69) is 10.6 Å². The summed E-state index contributed by atoms with van der Waals surface area (Å²) in [6, 6.07) is 25.7. The average molecular weight is 472 g/mol. The van der Waals surface area contributed by atoms with Crippen molar-refractivity contribution in [3.63, 3.8) is 0 Å². The van der Waals surface area contributed by atoms with Crippen LogP contribution in [-0.4, -0.2) is 29.5 Å². The molecule has 0 fully saturated rings. The van der Waals surface area contributed by atoms with Crippen molar-refractivity contribution in [1.29, 1.82) is 0 Å². The topological polar surface area (TPSA) is 118 Å². The number of amides is 3. The van der Waals surface area contributed by atoms with Gasteiger partial charge in [-0.3, -0.25) is 19.2 Å². The van der Waals surface area contributed by atoms with Crippen LogP contribution in [0.15, 0.2) is 91.0 Å². The third kappa shape index (κ3) is 8.23. The first-order valence-electron chi connectivity index (χ1n) is 11.5. The van der Waals surface area contributed by atoms with Crippen molar-refractivity contribution >= 4 is 23.5 Å². The van der Waals surface area contributed by atoms with Gasteiger partial charge in [-0.15, -0.1) is 0 Å². The second kappa shape index (κ2) is 12.8. The molecule has 7 heteroatoms. The Kier molecular flexibility index (Phi) is 9.31. The molecule has 0 aliphatic heterocycles. The highest BCUT2D eigenvalue weighted by molar-refractivity contribution is 5.98. The number of hydrogen-bond acceptors (Lipinski definition) is 4. The summed E-state index contributed by atoms with van der Waals surface area (Å²) in [5, 5.41) is 5.61. The van der Waals surface area contributed by atoms with Crippen LogP contribution >= 0.6 is 0 Å². The minimum Gasteiger partial charge on any atom is -0.370 e. The number of nitrogens with one attached hydrogen (secondary N) is 2. The smallest absolute Gasteiger partial charge is 0.251 e. The van der Waals surface area contributed by atoms with Crippen LogP contribution in [0.2, 0.25) is 0 Å². The van der Waals surface area contributed by atoms with Crippen LogP contribution in [0.1, 0.15) is 46.8 Å². The maximum absolute atomic E-state index is 13.1. The number of ketones is 1. The number of carbonyl (C=O) groups excluding carboxylic acids is 4. The molecule has 2 atom stereocenters. The zero-order chi connectivity index (χ0) is 25.0. The molecule has 35 heavy (non-hydrogen) atoms. The molecule has 0 saturated heterocycles. The van der Waals surface area contributed by atoms with Crippen molar-refractivity contribution in [1.82, 2.24) is 10.6 Å². The van der Waals surface area contributed by atoms with Crippen LogP contribution in [0, 0.1) is 0 Å². The fourth-order valence-corrected chi connectivity index (χ4v) is 3.74. The minimum absolute atomic E-state index is 0.0481. The lowest BCUT2D eigenvalue weighted by molar-refractivity contribution is -0.127. The summed E-state index contributed by atoms with van der Waals surface area (Å²) < 4.78 is 0. The zero-order valence-electron chi connectivity index (χ0n) is 19.4. The van der Waals surface area contributed by atoms with Gasteiger partial charge in [0.2, 0.25) is 11.8 Å². The molecule has 3 aromatic carbocycles. The first kappa shape index (κ1) is 25.4. The van der Waals surface area contributed by atoms with E-state index >= 15 is 0 Å². The van der Waals surface area contributed by atoms with Crippen LogP contribution in [0.4, 0.5) is 0 Å². The number of primary amides is 1. The van der Waals surface area contributed by atoms with E-state index in [1.807, 2.05) is 54.6 Å². The Morgan fingerprint density at radius 2 is 1.29 bits per heavy atom. The molecule has 0 radical (unpaired) electrons. The highest BCUT2D eigenvalue weighted by Gasteiger charge is 2.23. The van der Waals surface area contributed by atoms with Gasteiger partial charge in [0.1, 0.15) is 0 Å². The summed E-state index contributed by atoms with van der Waals surface area (Å²) in [6.45, 7) is 0. The zero-order valence-corrected chi connectivity index (χ0v) is 19.4. The fourth-order valence-electron chi connectivity index (χ4n) is 3.74. The number of carbonyl (C=O) groups is 4. The molecule has 3 rings (SSSR count). The van der Waals surface area contributed by atoms with Crippen molar-refractivity contribution in [2.24, 2.45) is 5.73 Å². The molecule has 3 aromatic rings. The molecule has 0 unspecified atom stereocenters. The summed E-state index contributed by atoms with van der Waals surface area (Å²) >= 11 is 0. The number of hydrogen-bond donors (Lipinski definition) is 3. The van der Waals surface area contributed by atoms with Gasteiger partial charge >= 0.3 is 0 Å². The lowest BCUT2D eigenvalue weighted by Crippen LogP contribution is -2.43. The third-order valence-electron chi connectivity index (χ3n) is 5.55. The van der Waals surface area contributed by atoms with Gasteiger partial charge in [0, 0.05) is 18.4 Å². The molecule has 0 saturated carbocycles. The SMILES string of the molecule is NC(=O)C[C@H](NC(=O)CCC(=O)[C@H](Cc1ccccc1)NC(=O)c1ccccc1)c1ccccc1. The van der Waals surface area contributed by atoms with Crippen LogP contribution in [0.5, 0.6) is 0 Å².